The summed E-state index contributed by atoms with van der Waals surface area (Å²) in [6.07, 6.45) is 3.22. The molecule has 0 saturated heterocycles. The molecule has 0 aliphatic heterocycles. The van der Waals surface area contributed by atoms with Crippen LogP contribution in [0, 0.1) is 5.82 Å². The van der Waals surface area contributed by atoms with E-state index in [-0.39, 0.29) is 5.82 Å². The van der Waals surface area contributed by atoms with Crippen molar-refractivity contribution in [1.29, 1.82) is 0 Å². The first-order valence-corrected chi connectivity index (χ1v) is 9.62. The van der Waals surface area contributed by atoms with E-state index in [1.165, 1.54) is 23.0 Å². The maximum atomic E-state index is 13.0. The molecule has 0 aliphatic carbocycles. The molecule has 0 saturated carbocycles. The quantitative estimate of drug-likeness (QED) is 0.463. The Kier molecular flexibility index (Phi) is 5.09. The van der Waals surface area contributed by atoms with Crippen molar-refractivity contribution in [3.63, 3.8) is 0 Å². The van der Waals surface area contributed by atoms with Gasteiger partial charge in [-0.1, -0.05) is 18.2 Å². The Morgan fingerprint density at radius 2 is 1.88 bits per heavy atom. The van der Waals surface area contributed by atoms with Gasteiger partial charge in [0, 0.05) is 35.7 Å². The first kappa shape index (κ1) is 16.9. The van der Waals surface area contributed by atoms with Gasteiger partial charge in [0.15, 0.2) is 0 Å². The van der Waals surface area contributed by atoms with Crippen LogP contribution in [0.25, 0.3) is 21.5 Å². The fourth-order valence-electron chi connectivity index (χ4n) is 3.04. The maximum absolute atomic E-state index is 13.0. The van der Waals surface area contributed by atoms with Crippen LogP contribution in [0.15, 0.2) is 66.2 Å². The van der Waals surface area contributed by atoms with Gasteiger partial charge < -0.3 is 9.88 Å². The van der Waals surface area contributed by atoms with Gasteiger partial charge in [0.05, 0.1) is 5.69 Å². The van der Waals surface area contributed by atoms with Crippen LogP contribution in [0.3, 0.4) is 0 Å². The number of rotatable bonds is 7. The van der Waals surface area contributed by atoms with Crippen LogP contribution in [-0.4, -0.2) is 16.1 Å². The second-order valence-electron chi connectivity index (χ2n) is 6.25. The Morgan fingerprint density at radius 3 is 2.77 bits per heavy atom. The Labute approximate surface area is 156 Å². The van der Waals surface area contributed by atoms with Gasteiger partial charge in [0.1, 0.15) is 10.8 Å². The van der Waals surface area contributed by atoms with Gasteiger partial charge in [-0.15, -0.1) is 11.3 Å². The molecule has 0 spiro atoms. The minimum Gasteiger partial charge on any atom is -0.347 e. The van der Waals surface area contributed by atoms with Crippen molar-refractivity contribution in [1.82, 2.24) is 14.9 Å². The number of aromatic nitrogens is 2. The lowest BCUT2D eigenvalue weighted by Gasteiger charge is -2.06. The van der Waals surface area contributed by atoms with E-state index in [0.29, 0.717) is 0 Å². The monoisotopic (exact) mass is 365 g/mol. The number of thiazole rings is 1. The molecule has 0 unspecified atom stereocenters. The van der Waals surface area contributed by atoms with Crippen molar-refractivity contribution in [2.24, 2.45) is 0 Å². The molecule has 2 heterocycles. The molecule has 4 aromatic rings. The third-order valence-corrected chi connectivity index (χ3v) is 5.32. The zero-order chi connectivity index (χ0) is 17.8. The van der Waals surface area contributed by atoms with Gasteiger partial charge in [0.2, 0.25) is 0 Å². The molecule has 0 fully saturated rings. The molecule has 0 bridgehead atoms. The average molecular weight is 365 g/mol. The Bertz CT molecular complexity index is 988. The lowest BCUT2D eigenvalue weighted by molar-refractivity contribution is 0.587. The molecule has 26 heavy (non-hydrogen) atoms. The molecular weight excluding hydrogens is 345 g/mol. The van der Waals surface area contributed by atoms with Crippen LogP contribution in [0.4, 0.5) is 4.39 Å². The molecule has 0 amide bonds. The topological polar surface area (TPSA) is 29.9 Å². The number of hydrogen-bond donors (Lipinski definition) is 1. The summed E-state index contributed by atoms with van der Waals surface area (Å²) in [5.41, 5.74) is 3.28. The van der Waals surface area contributed by atoms with Crippen LogP contribution >= 0.6 is 11.3 Å². The Morgan fingerprint density at radius 1 is 1.04 bits per heavy atom. The smallest absolute Gasteiger partial charge is 0.123 e. The lowest BCUT2D eigenvalue weighted by Crippen LogP contribution is -2.16. The molecule has 2 aromatic carbocycles. The zero-order valence-corrected chi connectivity index (χ0v) is 15.2. The van der Waals surface area contributed by atoms with E-state index >= 15 is 0 Å². The highest BCUT2D eigenvalue weighted by Crippen LogP contribution is 2.23. The van der Waals surface area contributed by atoms with Crippen LogP contribution in [0.1, 0.15) is 12.1 Å². The van der Waals surface area contributed by atoms with Gasteiger partial charge in [-0.05, 0) is 54.8 Å². The summed E-state index contributed by atoms with van der Waals surface area (Å²) >= 11 is 1.59. The number of benzene rings is 2. The number of fused-ring (bicyclic) bond motifs is 1. The summed E-state index contributed by atoms with van der Waals surface area (Å²) in [7, 11) is 0. The number of hydrogen-bond acceptors (Lipinski definition) is 3. The second kappa shape index (κ2) is 7.81. The fourth-order valence-corrected chi connectivity index (χ4v) is 3.87. The minimum absolute atomic E-state index is 0.220. The molecule has 2 aromatic heterocycles. The number of para-hydroxylation sites is 1. The van der Waals surface area contributed by atoms with Crippen LogP contribution in [0.5, 0.6) is 0 Å². The second-order valence-corrected chi connectivity index (χ2v) is 7.11. The maximum Gasteiger partial charge on any atom is 0.123 e. The van der Waals surface area contributed by atoms with E-state index in [1.807, 2.05) is 0 Å². The average Bonchev–Trinajstić information content (AvgIpc) is 3.30. The lowest BCUT2D eigenvalue weighted by atomic mass is 10.2. The first-order chi connectivity index (χ1) is 12.8. The molecule has 0 radical (unpaired) electrons. The SMILES string of the molecule is Fc1ccc(-c2nc(CNCCCn3ccc4ccccc43)cs2)cc1. The number of nitrogens with zero attached hydrogens (tertiary/aromatic N) is 2. The largest absolute Gasteiger partial charge is 0.347 e. The van der Waals surface area contributed by atoms with E-state index in [0.717, 1.165) is 42.3 Å². The predicted octanol–water partition coefficient (Wildman–Crippen LogP) is 5.08. The molecular formula is C21H20FN3S. The summed E-state index contributed by atoms with van der Waals surface area (Å²) in [6, 6.07) is 17.1. The highest BCUT2D eigenvalue weighted by atomic mass is 32.1. The van der Waals surface area contributed by atoms with E-state index in [2.05, 4.69) is 56.8 Å². The first-order valence-electron chi connectivity index (χ1n) is 8.74. The van der Waals surface area contributed by atoms with Crippen molar-refractivity contribution in [2.75, 3.05) is 6.54 Å². The van der Waals surface area contributed by atoms with E-state index in [9.17, 15) is 4.39 Å². The van der Waals surface area contributed by atoms with Crippen molar-refractivity contribution in [3.8, 4) is 10.6 Å². The number of nitrogens with one attached hydrogen (secondary N) is 1. The van der Waals surface area contributed by atoms with Gasteiger partial charge >= 0.3 is 0 Å². The van der Waals surface area contributed by atoms with Crippen LogP contribution in [0.2, 0.25) is 0 Å². The van der Waals surface area contributed by atoms with E-state index in [4.69, 9.17) is 0 Å². The van der Waals surface area contributed by atoms with Gasteiger partial charge in [-0.25, -0.2) is 9.37 Å². The molecule has 3 nitrogen and oxygen atoms in total. The molecule has 4 rings (SSSR count). The highest BCUT2D eigenvalue weighted by Gasteiger charge is 2.05. The Balaban J connectivity index is 1.26. The van der Waals surface area contributed by atoms with E-state index in [1.54, 1.807) is 23.5 Å². The number of halogens is 1. The van der Waals surface area contributed by atoms with Crippen LogP contribution in [-0.2, 0) is 13.1 Å². The minimum atomic E-state index is -0.220. The third-order valence-electron chi connectivity index (χ3n) is 4.38. The molecule has 5 heteroatoms. The summed E-state index contributed by atoms with van der Waals surface area (Å²) < 4.78 is 15.3. The fraction of sp³-hybridized carbons (Fsp3) is 0.190. The summed E-state index contributed by atoms with van der Waals surface area (Å²) in [5.74, 6) is -0.220. The highest BCUT2D eigenvalue weighted by molar-refractivity contribution is 7.13. The van der Waals surface area contributed by atoms with E-state index < -0.39 is 0 Å². The normalized spacial score (nSPS) is 11.3. The molecule has 1 N–H and O–H groups in total. The Hall–Kier alpha value is -2.50. The van der Waals surface area contributed by atoms with Crippen molar-refractivity contribution in [2.45, 2.75) is 19.5 Å². The standard InChI is InChI=1S/C21H20FN3S/c22-18-8-6-17(7-9-18)21-24-19(15-26-21)14-23-11-3-12-25-13-10-16-4-1-2-5-20(16)25/h1-2,4-10,13,15,23H,3,11-12,14H2. The number of aryl methyl sites for hydroxylation is 1. The summed E-state index contributed by atoms with van der Waals surface area (Å²) in [6.45, 7) is 2.69. The molecule has 132 valence electrons. The van der Waals surface area contributed by atoms with Gasteiger partial charge in [-0.2, -0.15) is 0 Å². The van der Waals surface area contributed by atoms with Crippen molar-refractivity contribution >= 4 is 22.2 Å². The summed E-state index contributed by atoms with van der Waals surface area (Å²) in [5, 5.41) is 7.74. The van der Waals surface area contributed by atoms with Gasteiger partial charge in [-0.3, -0.25) is 0 Å². The summed E-state index contributed by atoms with van der Waals surface area (Å²) in [4.78, 5) is 4.63. The predicted molar refractivity (Wildman–Crippen MR) is 106 cm³/mol. The van der Waals surface area contributed by atoms with Crippen molar-refractivity contribution in [3.05, 3.63) is 77.7 Å². The zero-order valence-electron chi connectivity index (χ0n) is 14.4. The van der Waals surface area contributed by atoms with Crippen LogP contribution < -0.4 is 5.32 Å². The molecule has 0 aliphatic rings. The van der Waals surface area contributed by atoms with Gasteiger partial charge in [0.25, 0.3) is 0 Å². The van der Waals surface area contributed by atoms with Crippen molar-refractivity contribution < 1.29 is 4.39 Å². The third kappa shape index (κ3) is 3.84. The molecule has 0 atom stereocenters.